The minimum Gasteiger partial charge on any atom is -0.289 e. The molecule has 0 saturated carbocycles. The van der Waals surface area contributed by atoms with Crippen molar-refractivity contribution in [3.05, 3.63) is 24.3 Å². The maximum atomic E-state index is 4.05. The summed E-state index contributed by atoms with van der Waals surface area (Å²) in [6.07, 6.45) is 9.69. The second kappa shape index (κ2) is 7.15. The quantitative estimate of drug-likeness (QED) is 0.403. The van der Waals surface area contributed by atoms with E-state index in [1.165, 1.54) is 0 Å². The summed E-state index contributed by atoms with van der Waals surface area (Å²) in [7, 11) is 0. The maximum Gasteiger partial charge on any atom is 0.0570 e. The Bertz CT molecular complexity index is 121. The number of allylic oxidation sites excluding steroid dienone is 3. The molecule has 0 heterocycles. The van der Waals surface area contributed by atoms with Crippen LogP contribution in [0.15, 0.2) is 29.3 Å². The molecule has 1 heteroatoms. The minimum absolute atomic E-state index is 0.792. The molecule has 0 aliphatic rings. The molecule has 0 aliphatic heterocycles. The maximum absolute atomic E-state index is 4.05. The molecule has 9 heavy (non-hydrogen) atoms. The van der Waals surface area contributed by atoms with Gasteiger partial charge in [0.1, 0.15) is 0 Å². The molecule has 0 radical (unpaired) electrons. The molecule has 0 aliphatic carbocycles. The van der Waals surface area contributed by atoms with Crippen molar-refractivity contribution in [1.82, 2.24) is 0 Å². The van der Waals surface area contributed by atoms with Crippen LogP contribution in [0.5, 0.6) is 0 Å². The first-order chi connectivity index (χ1) is 4.41. The van der Waals surface area contributed by atoms with Crippen molar-refractivity contribution in [2.24, 2.45) is 4.99 Å². The molecule has 0 unspecified atom stereocenters. The van der Waals surface area contributed by atoms with E-state index in [1.54, 1.807) is 6.21 Å². The molecule has 0 atom stereocenters. The Labute approximate surface area is 56.8 Å². The van der Waals surface area contributed by atoms with Gasteiger partial charge >= 0.3 is 0 Å². The zero-order chi connectivity index (χ0) is 6.95. The van der Waals surface area contributed by atoms with Gasteiger partial charge in [0.25, 0.3) is 0 Å². The lowest BCUT2D eigenvalue weighted by Gasteiger charge is -1.77. The molecule has 0 aromatic rings. The van der Waals surface area contributed by atoms with Gasteiger partial charge in [0.05, 0.1) is 6.54 Å². The van der Waals surface area contributed by atoms with Crippen molar-refractivity contribution >= 4 is 6.21 Å². The Hall–Kier alpha value is -0.850. The van der Waals surface area contributed by atoms with Crippen molar-refractivity contribution in [1.29, 1.82) is 0 Å². The summed E-state index contributed by atoms with van der Waals surface area (Å²) in [6.45, 7) is 4.76. The van der Waals surface area contributed by atoms with E-state index in [0.717, 1.165) is 6.54 Å². The minimum atomic E-state index is 0.792. The highest BCUT2D eigenvalue weighted by molar-refractivity contribution is 5.70. The zero-order valence-corrected chi connectivity index (χ0v) is 6.04. The fraction of sp³-hybridized carbons (Fsp3) is 0.375. The third kappa shape index (κ3) is 7.15. The smallest absolute Gasteiger partial charge is 0.0570 e. The monoisotopic (exact) mass is 123 g/mol. The zero-order valence-electron chi connectivity index (χ0n) is 6.04. The highest BCUT2D eigenvalue weighted by Crippen LogP contribution is 1.73. The van der Waals surface area contributed by atoms with Crippen LogP contribution in [0, 0.1) is 0 Å². The van der Waals surface area contributed by atoms with E-state index in [2.05, 4.69) is 4.99 Å². The molecule has 0 amide bonds. The van der Waals surface area contributed by atoms with Crippen LogP contribution in [0.3, 0.4) is 0 Å². The summed E-state index contributed by atoms with van der Waals surface area (Å²) in [5.41, 5.74) is 0. The van der Waals surface area contributed by atoms with Crippen LogP contribution in [-0.2, 0) is 0 Å². The van der Waals surface area contributed by atoms with Gasteiger partial charge < -0.3 is 0 Å². The van der Waals surface area contributed by atoms with Crippen LogP contribution in [0.1, 0.15) is 13.8 Å². The van der Waals surface area contributed by atoms with Gasteiger partial charge in [-0.05, 0) is 19.9 Å². The topological polar surface area (TPSA) is 12.4 Å². The van der Waals surface area contributed by atoms with E-state index < -0.39 is 0 Å². The Morgan fingerprint density at radius 1 is 1.22 bits per heavy atom. The van der Waals surface area contributed by atoms with Crippen LogP contribution >= 0.6 is 0 Å². The van der Waals surface area contributed by atoms with Crippen LogP contribution < -0.4 is 0 Å². The molecule has 0 N–H and O–H groups in total. The van der Waals surface area contributed by atoms with Gasteiger partial charge in [-0.15, -0.1) is 0 Å². The summed E-state index contributed by atoms with van der Waals surface area (Å²) in [5.74, 6) is 0. The van der Waals surface area contributed by atoms with Crippen molar-refractivity contribution in [3.8, 4) is 0 Å². The van der Waals surface area contributed by atoms with Crippen LogP contribution in [0.25, 0.3) is 0 Å². The molecule has 0 saturated heterocycles. The summed E-state index contributed by atoms with van der Waals surface area (Å²) < 4.78 is 0. The van der Waals surface area contributed by atoms with Crippen molar-refractivity contribution in [2.45, 2.75) is 13.8 Å². The van der Waals surface area contributed by atoms with Crippen LogP contribution in [-0.4, -0.2) is 12.8 Å². The normalized spacial score (nSPS) is 12.7. The molecule has 50 valence electrons. The number of aliphatic imine (C=N–C) groups is 1. The van der Waals surface area contributed by atoms with Crippen molar-refractivity contribution in [2.75, 3.05) is 6.54 Å². The Kier molecular flexibility index (Phi) is 6.47. The largest absolute Gasteiger partial charge is 0.289 e. The molecule has 0 fully saturated rings. The average Bonchev–Trinajstić information content (AvgIpc) is 1.89. The van der Waals surface area contributed by atoms with Gasteiger partial charge in [0.2, 0.25) is 0 Å². The van der Waals surface area contributed by atoms with Crippen molar-refractivity contribution in [3.63, 3.8) is 0 Å². The number of nitrogens with zero attached hydrogens (tertiary/aromatic N) is 1. The van der Waals surface area contributed by atoms with E-state index in [9.17, 15) is 0 Å². The van der Waals surface area contributed by atoms with E-state index in [-0.39, 0.29) is 0 Å². The first-order valence-electron chi connectivity index (χ1n) is 3.14. The average molecular weight is 123 g/mol. The second-order valence-corrected chi connectivity index (χ2v) is 1.61. The van der Waals surface area contributed by atoms with Gasteiger partial charge in [-0.3, -0.25) is 4.99 Å². The lowest BCUT2D eigenvalue weighted by molar-refractivity contribution is 1.25. The summed E-state index contributed by atoms with van der Waals surface area (Å²) in [6, 6.07) is 0. The lowest BCUT2D eigenvalue weighted by Crippen LogP contribution is -1.70. The fourth-order valence-electron chi connectivity index (χ4n) is 0.374. The molecule has 1 nitrogen and oxygen atoms in total. The second-order valence-electron chi connectivity index (χ2n) is 1.61. The Morgan fingerprint density at radius 2 is 2.00 bits per heavy atom. The highest BCUT2D eigenvalue weighted by atomic mass is 14.7. The van der Waals surface area contributed by atoms with Gasteiger partial charge in [0.15, 0.2) is 0 Å². The molecular weight excluding hydrogens is 110 g/mol. The van der Waals surface area contributed by atoms with E-state index in [0.29, 0.717) is 0 Å². The molecular formula is C8H13N. The third-order valence-electron chi connectivity index (χ3n) is 0.830. The SMILES string of the molecule is C/C=C/C=NC/C=C/C. The van der Waals surface area contributed by atoms with E-state index in [1.807, 2.05) is 38.2 Å². The van der Waals surface area contributed by atoms with Gasteiger partial charge in [-0.1, -0.05) is 18.2 Å². The van der Waals surface area contributed by atoms with Crippen LogP contribution in [0.2, 0.25) is 0 Å². The predicted octanol–water partition coefficient (Wildman–Crippen LogP) is 2.21. The Balaban J connectivity index is 3.25. The van der Waals surface area contributed by atoms with Gasteiger partial charge in [-0.25, -0.2) is 0 Å². The first-order valence-corrected chi connectivity index (χ1v) is 3.14. The summed E-state index contributed by atoms with van der Waals surface area (Å²) >= 11 is 0. The predicted molar refractivity (Wildman–Crippen MR) is 43.0 cm³/mol. The van der Waals surface area contributed by atoms with Crippen molar-refractivity contribution < 1.29 is 0 Å². The summed E-state index contributed by atoms with van der Waals surface area (Å²) in [5, 5.41) is 0. The fourth-order valence-corrected chi connectivity index (χ4v) is 0.374. The van der Waals surface area contributed by atoms with Crippen LogP contribution in [0.4, 0.5) is 0 Å². The molecule has 0 aromatic heterocycles. The lowest BCUT2D eigenvalue weighted by atomic mass is 10.5. The number of hydrogen-bond acceptors (Lipinski definition) is 1. The van der Waals surface area contributed by atoms with Gasteiger partial charge in [-0.2, -0.15) is 0 Å². The highest BCUT2D eigenvalue weighted by Gasteiger charge is 1.63. The van der Waals surface area contributed by atoms with Gasteiger partial charge in [0, 0.05) is 6.21 Å². The third-order valence-corrected chi connectivity index (χ3v) is 0.830. The summed E-state index contributed by atoms with van der Waals surface area (Å²) in [4.78, 5) is 4.05. The molecule has 0 rings (SSSR count). The standard InChI is InChI=1S/C8H13N/c1-3-5-7-9-8-6-4-2/h3-7H,8H2,1-2H3/b5-3+,6-4+,9-7?. The Morgan fingerprint density at radius 3 is 2.56 bits per heavy atom. The molecule has 0 bridgehead atoms. The number of rotatable bonds is 3. The van der Waals surface area contributed by atoms with E-state index >= 15 is 0 Å². The molecule has 0 spiro atoms. The molecule has 0 aromatic carbocycles. The first kappa shape index (κ1) is 8.15. The number of hydrogen-bond donors (Lipinski definition) is 0. The van der Waals surface area contributed by atoms with E-state index in [4.69, 9.17) is 0 Å².